The number of fused-ring (bicyclic) bond motifs is 5. The summed E-state index contributed by atoms with van der Waals surface area (Å²) in [5.74, 6) is -2.28. The molecule has 0 saturated carbocycles. The third kappa shape index (κ3) is 12.1. The zero-order valence-electron chi connectivity index (χ0n) is 35.3. The number of nitriles is 1. The van der Waals surface area contributed by atoms with Crippen molar-refractivity contribution in [3.8, 4) is 39.8 Å². The van der Waals surface area contributed by atoms with Crippen LogP contribution in [0, 0.1) is 11.3 Å². The maximum atomic E-state index is 14.3. The molecule has 4 aromatic carbocycles. The Morgan fingerprint density at radius 1 is 0.839 bits per heavy atom. The van der Waals surface area contributed by atoms with Crippen molar-refractivity contribution >= 4 is 35.2 Å². The number of carbonyl (C=O) groups is 5. The number of unbranched alkanes of at least 4 members (excludes halogenated alkanes) is 1. The molecule has 4 bridgehead atoms. The summed E-state index contributed by atoms with van der Waals surface area (Å²) < 4.78 is 12.1. The standard InChI is InChI=1S/C46H55N9O7/c1-4-5-21-50-35-14-11-32(12-15-35)31-7-9-33(10-8-31)44(58)52-28-41(56)55(3)42-34-13-17-40(62-24-20-49)37(27-34)36-25-30(6-16-39(36)61-23-19-48)26-38(45(59)51-22-18-47)54-43(57)29(2)53-46(42)60/h6-17,25,27,29,38,42,50H,4-5,19-24,26,28,48-49H2,1-3H3,(H,51,59)(H,52,58)(H,53,60)(H,54,57)/t29-,38?,42?/m0/s1. The van der Waals surface area contributed by atoms with Crippen LogP contribution in [0.4, 0.5) is 5.69 Å². The average molecular weight is 846 g/mol. The first kappa shape index (κ1) is 46.1. The molecule has 1 heterocycles. The molecule has 3 atom stereocenters. The minimum atomic E-state index is -1.32. The first-order valence-electron chi connectivity index (χ1n) is 20.6. The molecule has 1 aliphatic rings. The van der Waals surface area contributed by atoms with Crippen LogP contribution < -0.4 is 47.5 Å². The Morgan fingerprint density at radius 2 is 1.47 bits per heavy atom. The Hall–Kier alpha value is -6.96. The Kier molecular flexibility index (Phi) is 16.8. The molecular weight excluding hydrogens is 791 g/mol. The van der Waals surface area contributed by atoms with E-state index in [4.69, 9.17) is 26.2 Å². The molecular formula is C46H55N9O7. The van der Waals surface area contributed by atoms with Crippen LogP contribution in [0.25, 0.3) is 22.3 Å². The highest BCUT2D eigenvalue weighted by atomic mass is 16.5. The van der Waals surface area contributed by atoms with Crippen LogP contribution in [0.3, 0.4) is 0 Å². The van der Waals surface area contributed by atoms with Crippen LogP contribution in [-0.2, 0) is 25.6 Å². The SMILES string of the molecule is CCCCNc1ccc(-c2ccc(C(=O)NCC(=O)N(C)C3C(=O)N[C@@H](C)C(=O)NC(C(=O)NCC#N)Cc4ccc(OCCN)c(c4)-c4cc3ccc4OCCN)cc2)cc1. The molecule has 326 valence electrons. The van der Waals surface area contributed by atoms with Crippen molar-refractivity contribution in [2.24, 2.45) is 11.5 Å². The minimum Gasteiger partial charge on any atom is -0.492 e. The van der Waals surface area contributed by atoms with Gasteiger partial charge in [0.05, 0.1) is 12.6 Å². The van der Waals surface area contributed by atoms with Gasteiger partial charge in [-0.1, -0.05) is 49.7 Å². The maximum absolute atomic E-state index is 14.3. The molecule has 0 fully saturated rings. The number of benzene rings is 4. The van der Waals surface area contributed by atoms with Crippen LogP contribution in [0.2, 0.25) is 0 Å². The molecule has 16 nitrogen and oxygen atoms in total. The second kappa shape index (κ2) is 22.6. The van der Waals surface area contributed by atoms with Crippen LogP contribution in [-0.4, -0.2) is 99.5 Å². The molecule has 5 amide bonds. The largest absolute Gasteiger partial charge is 0.492 e. The summed E-state index contributed by atoms with van der Waals surface area (Å²) >= 11 is 0. The van der Waals surface area contributed by atoms with E-state index in [1.54, 1.807) is 48.5 Å². The zero-order chi connectivity index (χ0) is 44.6. The van der Waals surface area contributed by atoms with Crippen molar-refractivity contribution < 1.29 is 33.4 Å². The Balaban J connectivity index is 1.45. The molecule has 0 radical (unpaired) electrons. The van der Waals surface area contributed by atoms with Gasteiger partial charge in [-0.25, -0.2) is 0 Å². The van der Waals surface area contributed by atoms with Crippen molar-refractivity contribution in [1.29, 1.82) is 5.26 Å². The predicted molar refractivity (Wildman–Crippen MR) is 236 cm³/mol. The lowest BCUT2D eigenvalue weighted by molar-refractivity contribution is -0.139. The molecule has 0 saturated heterocycles. The average Bonchev–Trinajstić information content (AvgIpc) is 3.28. The van der Waals surface area contributed by atoms with E-state index in [1.807, 2.05) is 42.5 Å². The predicted octanol–water partition coefficient (Wildman–Crippen LogP) is 3.02. The molecule has 62 heavy (non-hydrogen) atoms. The summed E-state index contributed by atoms with van der Waals surface area (Å²) in [5, 5.41) is 23.1. The fourth-order valence-corrected chi connectivity index (χ4v) is 6.86. The number of nitrogens with two attached hydrogens (primary N) is 2. The summed E-state index contributed by atoms with van der Waals surface area (Å²) in [5.41, 5.74) is 16.9. The highest BCUT2D eigenvalue weighted by Crippen LogP contribution is 2.40. The van der Waals surface area contributed by atoms with E-state index in [-0.39, 0.29) is 39.3 Å². The van der Waals surface area contributed by atoms with E-state index in [0.717, 1.165) is 36.2 Å². The number of nitrogens with zero attached hydrogens (tertiary/aromatic N) is 2. The topological polar surface area (TPSA) is 243 Å². The van der Waals surface area contributed by atoms with Gasteiger partial charge in [-0.05, 0) is 84.1 Å². The van der Waals surface area contributed by atoms with E-state index in [9.17, 15) is 24.0 Å². The monoisotopic (exact) mass is 845 g/mol. The second-order valence-electron chi connectivity index (χ2n) is 14.8. The minimum absolute atomic E-state index is 0.0210. The van der Waals surface area contributed by atoms with Crippen LogP contribution >= 0.6 is 0 Å². The normalized spacial score (nSPS) is 16.0. The lowest BCUT2D eigenvalue weighted by Crippen LogP contribution is -2.55. The summed E-state index contributed by atoms with van der Waals surface area (Å²) in [6.07, 6.45) is 2.21. The molecule has 9 N–H and O–H groups in total. The van der Waals surface area contributed by atoms with E-state index in [2.05, 4.69) is 33.5 Å². The Labute approximate surface area is 361 Å². The lowest BCUT2D eigenvalue weighted by atomic mass is 9.93. The fraction of sp³-hybridized carbons (Fsp3) is 0.348. The van der Waals surface area contributed by atoms with Crippen LogP contribution in [0.5, 0.6) is 11.5 Å². The van der Waals surface area contributed by atoms with Crippen LogP contribution in [0.15, 0.2) is 84.9 Å². The number of nitrogens with one attached hydrogen (secondary N) is 5. The second-order valence-corrected chi connectivity index (χ2v) is 14.8. The number of ether oxygens (including phenoxy) is 2. The molecule has 16 heteroatoms. The van der Waals surface area contributed by atoms with Gasteiger partial charge in [0, 0.05) is 55.5 Å². The Bertz CT molecular complexity index is 2240. The number of hydrogen-bond donors (Lipinski definition) is 7. The molecule has 1 aliphatic heterocycles. The lowest BCUT2D eigenvalue weighted by Gasteiger charge is -2.30. The van der Waals surface area contributed by atoms with Gasteiger partial charge >= 0.3 is 0 Å². The molecule has 0 aromatic heterocycles. The smallest absolute Gasteiger partial charge is 0.251 e. The van der Waals surface area contributed by atoms with Gasteiger partial charge in [-0.15, -0.1) is 0 Å². The number of likely N-dealkylation sites (N-methyl/N-ethyl adjacent to an activating group) is 1. The van der Waals surface area contributed by atoms with Crippen LogP contribution in [0.1, 0.15) is 54.2 Å². The summed E-state index contributed by atoms with van der Waals surface area (Å²) in [7, 11) is 1.43. The molecule has 0 spiro atoms. The van der Waals surface area contributed by atoms with Gasteiger partial charge in [0.2, 0.25) is 23.6 Å². The highest BCUT2D eigenvalue weighted by Gasteiger charge is 2.33. The third-order valence-corrected chi connectivity index (χ3v) is 10.2. The van der Waals surface area contributed by atoms with Crippen molar-refractivity contribution in [3.05, 3.63) is 102 Å². The number of amides is 5. The quantitative estimate of drug-likeness (QED) is 0.0602. The van der Waals surface area contributed by atoms with Crippen molar-refractivity contribution in [2.75, 3.05) is 58.3 Å². The number of hydrogen-bond acceptors (Lipinski definition) is 11. The van der Waals surface area contributed by atoms with Crippen molar-refractivity contribution in [2.45, 2.75) is 51.2 Å². The van der Waals surface area contributed by atoms with E-state index in [1.165, 1.54) is 18.9 Å². The van der Waals surface area contributed by atoms with Gasteiger partial charge < -0.3 is 52.4 Å². The summed E-state index contributed by atoms with van der Waals surface area (Å²) in [6, 6.07) is 23.5. The van der Waals surface area contributed by atoms with E-state index < -0.39 is 54.2 Å². The van der Waals surface area contributed by atoms with Gasteiger partial charge in [-0.2, -0.15) is 5.26 Å². The molecule has 5 rings (SSSR count). The zero-order valence-corrected chi connectivity index (χ0v) is 35.3. The van der Waals surface area contributed by atoms with Gasteiger partial charge in [-0.3, -0.25) is 24.0 Å². The fourth-order valence-electron chi connectivity index (χ4n) is 6.86. The van der Waals surface area contributed by atoms with Gasteiger partial charge in [0.1, 0.15) is 49.4 Å². The number of carbonyl (C=O) groups excluding carboxylic acids is 5. The number of rotatable bonds is 17. The number of anilines is 1. The first-order valence-corrected chi connectivity index (χ1v) is 20.6. The highest BCUT2D eigenvalue weighted by molar-refractivity contribution is 5.98. The molecule has 2 unspecified atom stereocenters. The van der Waals surface area contributed by atoms with E-state index >= 15 is 0 Å². The van der Waals surface area contributed by atoms with Gasteiger partial charge in [0.15, 0.2) is 0 Å². The van der Waals surface area contributed by atoms with Crippen molar-refractivity contribution in [1.82, 2.24) is 26.2 Å². The van der Waals surface area contributed by atoms with E-state index in [0.29, 0.717) is 39.3 Å². The molecule has 0 aliphatic carbocycles. The first-order chi connectivity index (χ1) is 30.0. The third-order valence-electron chi connectivity index (χ3n) is 10.2. The molecule has 4 aromatic rings. The Morgan fingerprint density at radius 3 is 2.10 bits per heavy atom. The van der Waals surface area contributed by atoms with Gasteiger partial charge in [0.25, 0.3) is 5.91 Å². The summed E-state index contributed by atoms with van der Waals surface area (Å²) in [6.45, 7) is 4.50. The van der Waals surface area contributed by atoms with Crippen molar-refractivity contribution in [3.63, 3.8) is 0 Å². The maximum Gasteiger partial charge on any atom is 0.251 e. The summed E-state index contributed by atoms with van der Waals surface area (Å²) in [4.78, 5) is 69.5.